The van der Waals surface area contributed by atoms with Gasteiger partial charge in [-0.1, -0.05) is 101 Å². The fourth-order valence-corrected chi connectivity index (χ4v) is 6.91. The van der Waals surface area contributed by atoms with E-state index in [0.717, 1.165) is 0 Å². The molecule has 0 fully saturated rings. The summed E-state index contributed by atoms with van der Waals surface area (Å²) in [6.45, 7) is 12.6. The van der Waals surface area contributed by atoms with Crippen molar-refractivity contribution in [2.45, 2.75) is 74.4 Å². The molecule has 2 amide bonds. The average Bonchev–Trinajstić information content (AvgIpc) is 3.23. The van der Waals surface area contributed by atoms with Crippen molar-refractivity contribution >= 4 is 58.0 Å². The molecule has 0 unspecified atom stereocenters. The molecule has 0 atom stereocenters. The fraction of sp³-hybridized carbons (Fsp3) is 0.292. The second-order valence-corrected chi connectivity index (χ2v) is 17.8. The van der Waals surface area contributed by atoms with E-state index >= 15 is 0 Å². The number of hydrogen-bond acceptors (Lipinski definition) is 7. The van der Waals surface area contributed by atoms with Crippen molar-refractivity contribution in [2.24, 2.45) is 10.8 Å². The summed E-state index contributed by atoms with van der Waals surface area (Å²) >= 11 is 11.7. The van der Waals surface area contributed by atoms with Crippen LogP contribution in [0, 0.1) is 22.5 Å². The van der Waals surface area contributed by atoms with Gasteiger partial charge in [-0.3, -0.25) is 28.0 Å². The number of nitrogens with one attached hydrogen (secondary N) is 2. The molecule has 12 nitrogen and oxygen atoms in total. The Balaban J connectivity index is 0.000000241. The van der Waals surface area contributed by atoms with Gasteiger partial charge in [0.15, 0.2) is 0 Å². The number of pyridine rings is 4. The maximum atomic E-state index is 14.4. The van der Waals surface area contributed by atoms with Crippen LogP contribution < -0.4 is 21.8 Å². The maximum absolute atomic E-state index is 14.4. The van der Waals surface area contributed by atoms with Crippen LogP contribution in [0.2, 0.25) is 10.0 Å². The van der Waals surface area contributed by atoms with Gasteiger partial charge in [0.2, 0.25) is 11.8 Å². The molecule has 0 aliphatic heterocycles. The first-order chi connectivity index (χ1) is 30.0. The van der Waals surface area contributed by atoms with Crippen molar-refractivity contribution in [1.82, 2.24) is 19.4 Å². The van der Waals surface area contributed by atoms with Gasteiger partial charge < -0.3 is 20.5 Å². The molecular formula is C48H48Cl2F2N4O8. The molecule has 6 aromatic rings. The summed E-state index contributed by atoms with van der Waals surface area (Å²) in [5.41, 5.74) is 1.00. The third-order valence-corrected chi connectivity index (χ3v) is 10.6. The summed E-state index contributed by atoms with van der Waals surface area (Å²) in [4.78, 5) is 74.5. The van der Waals surface area contributed by atoms with Crippen LogP contribution in [-0.2, 0) is 40.3 Å². The smallest absolute Gasteiger partial charge is 0.343 e. The lowest BCUT2D eigenvalue weighted by Gasteiger charge is -2.19. The Morgan fingerprint density at radius 3 is 1.44 bits per heavy atom. The number of rotatable bonds is 11. The first-order valence-electron chi connectivity index (χ1n) is 20.2. The third kappa shape index (κ3) is 11.4. The largest absolute Gasteiger partial charge is 0.477 e. The summed E-state index contributed by atoms with van der Waals surface area (Å²) in [6.07, 6.45) is 3.42. The molecule has 0 bridgehead atoms. The van der Waals surface area contributed by atoms with E-state index in [9.17, 15) is 42.7 Å². The topological polar surface area (TPSA) is 165 Å². The third-order valence-electron chi connectivity index (χ3n) is 10.0. The Kier molecular flexibility index (Phi) is 15.2. The summed E-state index contributed by atoms with van der Waals surface area (Å²) in [5, 5.41) is 15.1. The number of aromatic carboxylic acids is 1. The SMILES string of the molecule is CC(C)(C)C(=O)NCc1cc(C(=O)O)c(=O)n2cc(Cc3cccc(Cl)c3F)ccc12.CCOC(=O)c1cc(CNC(=O)C(C)(C)C)c2ccc(Cc3cccc(Cl)c3F)cn2c1=O. The van der Waals surface area contributed by atoms with Gasteiger partial charge in [-0.2, -0.15) is 0 Å². The Morgan fingerprint density at radius 1 is 0.641 bits per heavy atom. The minimum atomic E-state index is -1.37. The van der Waals surface area contributed by atoms with Crippen LogP contribution in [0.15, 0.2) is 94.8 Å². The van der Waals surface area contributed by atoms with Crippen molar-refractivity contribution in [3.63, 3.8) is 0 Å². The van der Waals surface area contributed by atoms with E-state index in [1.54, 1.807) is 103 Å². The van der Waals surface area contributed by atoms with Crippen molar-refractivity contribution < 1.29 is 37.8 Å². The number of carboxylic acids is 1. The average molecular weight is 918 g/mol. The first-order valence-corrected chi connectivity index (χ1v) is 20.9. The zero-order chi connectivity index (χ0) is 47.3. The minimum Gasteiger partial charge on any atom is -0.477 e. The zero-order valence-electron chi connectivity index (χ0n) is 36.3. The number of halogens is 4. The maximum Gasteiger partial charge on any atom is 0.343 e. The number of fused-ring (bicyclic) bond motifs is 2. The van der Waals surface area contributed by atoms with Gasteiger partial charge in [0, 0.05) is 49.2 Å². The molecule has 0 aliphatic rings. The minimum absolute atomic E-state index is 0.000459. The summed E-state index contributed by atoms with van der Waals surface area (Å²) in [5.74, 6) is -3.54. The van der Waals surface area contributed by atoms with Crippen LogP contribution in [0.1, 0.15) is 103 Å². The molecular weight excluding hydrogens is 869 g/mol. The van der Waals surface area contributed by atoms with Gasteiger partial charge in [0.05, 0.1) is 27.7 Å². The highest BCUT2D eigenvalue weighted by Crippen LogP contribution is 2.24. The Bertz CT molecular complexity index is 2920. The molecule has 0 aliphatic carbocycles. The van der Waals surface area contributed by atoms with Crippen LogP contribution in [0.4, 0.5) is 8.78 Å². The Morgan fingerprint density at radius 2 is 1.05 bits per heavy atom. The monoisotopic (exact) mass is 916 g/mol. The number of amides is 2. The lowest BCUT2D eigenvalue weighted by Crippen LogP contribution is -2.35. The number of benzene rings is 2. The molecule has 64 heavy (non-hydrogen) atoms. The normalized spacial score (nSPS) is 11.5. The van der Waals surface area contributed by atoms with E-state index in [1.165, 1.54) is 39.3 Å². The van der Waals surface area contributed by atoms with Gasteiger partial charge in [-0.25, -0.2) is 18.4 Å². The molecule has 3 N–H and O–H groups in total. The lowest BCUT2D eigenvalue weighted by molar-refractivity contribution is -0.129. The quantitative estimate of drug-likeness (QED) is 0.109. The number of ether oxygens (including phenoxy) is 1. The molecule has 4 heterocycles. The van der Waals surface area contributed by atoms with Crippen molar-refractivity contribution in [2.75, 3.05) is 6.61 Å². The van der Waals surface area contributed by atoms with Gasteiger partial charge in [0.1, 0.15) is 22.8 Å². The highest BCUT2D eigenvalue weighted by atomic mass is 35.5. The van der Waals surface area contributed by atoms with Crippen molar-refractivity contribution in [3.05, 3.63) is 172 Å². The molecule has 0 radical (unpaired) electrons. The molecule has 0 spiro atoms. The number of nitrogens with zero attached hydrogens (tertiary/aromatic N) is 2. The summed E-state index contributed by atoms with van der Waals surface area (Å²) in [7, 11) is 0. The van der Waals surface area contributed by atoms with E-state index < -0.39 is 51.1 Å². The zero-order valence-corrected chi connectivity index (χ0v) is 37.8. The Labute approximate surface area is 377 Å². The van der Waals surface area contributed by atoms with E-state index in [0.29, 0.717) is 44.4 Å². The van der Waals surface area contributed by atoms with Gasteiger partial charge >= 0.3 is 11.9 Å². The highest BCUT2D eigenvalue weighted by Gasteiger charge is 2.24. The molecule has 4 aromatic heterocycles. The van der Waals surface area contributed by atoms with E-state index in [4.69, 9.17) is 27.9 Å². The second-order valence-electron chi connectivity index (χ2n) is 17.0. The number of aromatic nitrogens is 2. The molecule has 336 valence electrons. The van der Waals surface area contributed by atoms with Gasteiger partial charge in [0.25, 0.3) is 11.1 Å². The van der Waals surface area contributed by atoms with Crippen LogP contribution in [-0.4, -0.2) is 44.3 Å². The number of carboxylic acid groups (broad SMARTS) is 1. The number of carbonyl (C=O) groups is 4. The predicted octanol–water partition coefficient (Wildman–Crippen LogP) is 8.57. The summed E-state index contributed by atoms with van der Waals surface area (Å²) < 4.78 is 36.2. The number of esters is 1. The molecule has 0 saturated carbocycles. The van der Waals surface area contributed by atoms with Crippen LogP contribution >= 0.6 is 23.2 Å². The van der Waals surface area contributed by atoms with E-state index in [2.05, 4.69) is 10.6 Å². The number of carbonyl (C=O) groups excluding carboxylic acids is 3. The van der Waals surface area contributed by atoms with Crippen LogP contribution in [0.25, 0.3) is 11.0 Å². The van der Waals surface area contributed by atoms with Gasteiger partial charge in [-0.15, -0.1) is 0 Å². The predicted molar refractivity (Wildman–Crippen MR) is 241 cm³/mol. The van der Waals surface area contributed by atoms with Gasteiger partial charge in [-0.05, 0) is 76.7 Å². The standard InChI is InChI=1S/C25H26ClFN2O4.C23H22ClFN2O4/c1-5-33-23(31)18-12-17(13-28-24(32)25(2,3)4)20-10-9-15(14-29(20)22(18)30)11-16-7-6-8-19(26)21(16)27;1-23(2,3)22(31)26-11-15-10-16(21(29)30)20(28)27-12-13(7-8-18(15)27)9-14-5-4-6-17(24)19(14)25/h6-10,12,14H,5,11,13H2,1-4H3,(H,28,32);4-8,10,12H,9,11H2,1-3H3,(H,26,31)(H,29,30). The highest BCUT2D eigenvalue weighted by molar-refractivity contribution is 6.31. The van der Waals surface area contributed by atoms with Crippen LogP contribution in [0.3, 0.4) is 0 Å². The second kappa shape index (κ2) is 20.0. The molecule has 0 saturated heterocycles. The molecule has 16 heteroatoms. The van der Waals surface area contributed by atoms with E-state index in [-0.39, 0.29) is 60.0 Å². The molecule has 6 rings (SSSR count). The Hall–Kier alpha value is -6.38. The first kappa shape index (κ1) is 48.6. The van der Waals surface area contributed by atoms with E-state index in [1.807, 2.05) is 0 Å². The lowest BCUT2D eigenvalue weighted by atomic mass is 9.95. The van der Waals surface area contributed by atoms with Crippen molar-refractivity contribution in [1.29, 1.82) is 0 Å². The molecule has 2 aromatic carbocycles. The number of hydrogen-bond donors (Lipinski definition) is 3. The summed E-state index contributed by atoms with van der Waals surface area (Å²) in [6, 6.07) is 19.0. The van der Waals surface area contributed by atoms with Crippen molar-refractivity contribution in [3.8, 4) is 0 Å². The van der Waals surface area contributed by atoms with Crippen LogP contribution in [0.5, 0.6) is 0 Å². The fourth-order valence-electron chi connectivity index (χ4n) is 6.52.